The van der Waals surface area contributed by atoms with Crippen LogP contribution in [0.2, 0.25) is 0 Å². The third kappa shape index (κ3) is 2.75. The van der Waals surface area contributed by atoms with E-state index >= 15 is 0 Å². The number of rotatable bonds is 4. The van der Waals surface area contributed by atoms with E-state index in [0.717, 1.165) is 29.9 Å². The predicted octanol–water partition coefficient (Wildman–Crippen LogP) is 2.81. The standard InChI is InChI=1S/C18H19N5O/c1-11(2)16-9-15(18(24)20-12-6-7-12)21-17-10-14(22-23(16)17)13-5-3-4-8-19-13/h3-5,8-12H,6-7H2,1-2H3,(H,20,24). The van der Waals surface area contributed by atoms with E-state index in [1.807, 2.05) is 34.8 Å². The maximum Gasteiger partial charge on any atom is 0.270 e. The van der Waals surface area contributed by atoms with Crippen LogP contribution in [-0.4, -0.2) is 31.5 Å². The lowest BCUT2D eigenvalue weighted by molar-refractivity contribution is 0.0946. The fourth-order valence-corrected chi connectivity index (χ4v) is 2.65. The van der Waals surface area contributed by atoms with E-state index < -0.39 is 0 Å². The maximum absolute atomic E-state index is 12.4. The Balaban J connectivity index is 1.81. The van der Waals surface area contributed by atoms with Crippen molar-refractivity contribution >= 4 is 11.6 Å². The van der Waals surface area contributed by atoms with E-state index in [0.29, 0.717) is 17.4 Å². The summed E-state index contributed by atoms with van der Waals surface area (Å²) >= 11 is 0. The summed E-state index contributed by atoms with van der Waals surface area (Å²) < 4.78 is 1.81. The lowest BCUT2D eigenvalue weighted by atomic mass is 10.1. The zero-order valence-electron chi connectivity index (χ0n) is 13.7. The Morgan fingerprint density at radius 2 is 2.08 bits per heavy atom. The van der Waals surface area contributed by atoms with Crippen molar-refractivity contribution in [1.82, 2.24) is 24.9 Å². The molecule has 6 nitrogen and oxygen atoms in total. The van der Waals surface area contributed by atoms with Gasteiger partial charge < -0.3 is 5.32 Å². The molecule has 0 saturated heterocycles. The number of carbonyl (C=O) groups excluding carboxylic acids is 1. The number of nitrogens with zero attached hydrogens (tertiary/aromatic N) is 4. The number of hydrogen-bond donors (Lipinski definition) is 1. The third-order valence-corrected chi connectivity index (χ3v) is 4.12. The first-order valence-electron chi connectivity index (χ1n) is 8.25. The molecule has 3 aromatic heterocycles. The smallest absolute Gasteiger partial charge is 0.270 e. The van der Waals surface area contributed by atoms with Gasteiger partial charge in [-0.15, -0.1) is 0 Å². The maximum atomic E-state index is 12.4. The van der Waals surface area contributed by atoms with Gasteiger partial charge in [-0.05, 0) is 37.0 Å². The van der Waals surface area contributed by atoms with Crippen molar-refractivity contribution in [3.05, 3.63) is 47.9 Å². The number of hydrogen-bond acceptors (Lipinski definition) is 4. The van der Waals surface area contributed by atoms with E-state index in [2.05, 4.69) is 34.2 Å². The Morgan fingerprint density at radius 1 is 1.25 bits per heavy atom. The highest BCUT2D eigenvalue weighted by Crippen LogP contribution is 2.23. The van der Waals surface area contributed by atoms with Gasteiger partial charge in [0.25, 0.3) is 5.91 Å². The summed E-state index contributed by atoms with van der Waals surface area (Å²) in [5.74, 6) is 0.113. The second-order valence-electron chi connectivity index (χ2n) is 6.48. The van der Waals surface area contributed by atoms with E-state index in [1.165, 1.54) is 0 Å². The summed E-state index contributed by atoms with van der Waals surface area (Å²) in [4.78, 5) is 21.2. The fraction of sp³-hybridized carbons (Fsp3) is 0.333. The number of aromatic nitrogens is 4. The van der Waals surface area contributed by atoms with Gasteiger partial charge in [0.05, 0.1) is 5.69 Å². The highest BCUT2D eigenvalue weighted by molar-refractivity contribution is 5.93. The molecule has 1 N–H and O–H groups in total. The molecule has 4 rings (SSSR count). The molecule has 0 aromatic carbocycles. The summed E-state index contributed by atoms with van der Waals surface area (Å²) in [5.41, 5.74) is 3.63. The van der Waals surface area contributed by atoms with Gasteiger partial charge in [0, 0.05) is 24.0 Å². The quantitative estimate of drug-likeness (QED) is 0.802. The molecule has 6 heteroatoms. The molecule has 1 amide bonds. The monoisotopic (exact) mass is 321 g/mol. The Hall–Kier alpha value is -2.76. The van der Waals surface area contributed by atoms with Crippen molar-refractivity contribution in [2.24, 2.45) is 0 Å². The average molecular weight is 321 g/mol. The van der Waals surface area contributed by atoms with Crippen LogP contribution >= 0.6 is 0 Å². The Morgan fingerprint density at radius 3 is 2.75 bits per heavy atom. The van der Waals surface area contributed by atoms with Gasteiger partial charge in [0.1, 0.15) is 11.4 Å². The van der Waals surface area contributed by atoms with Crippen molar-refractivity contribution in [3.63, 3.8) is 0 Å². The third-order valence-electron chi connectivity index (χ3n) is 4.12. The molecule has 1 saturated carbocycles. The molecule has 0 atom stereocenters. The van der Waals surface area contributed by atoms with Crippen LogP contribution in [0.3, 0.4) is 0 Å². The van der Waals surface area contributed by atoms with Gasteiger partial charge in [0.2, 0.25) is 0 Å². The molecule has 0 radical (unpaired) electrons. The van der Waals surface area contributed by atoms with Crippen LogP contribution < -0.4 is 5.32 Å². The van der Waals surface area contributed by atoms with Gasteiger partial charge in [-0.1, -0.05) is 19.9 Å². The highest BCUT2D eigenvalue weighted by Gasteiger charge is 2.25. The minimum Gasteiger partial charge on any atom is -0.348 e. The minimum atomic E-state index is -0.109. The van der Waals surface area contributed by atoms with Gasteiger partial charge >= 0.3 is 0 Å². The first-order valence-corrected chi connectivity index (χ1v) is 8.25. The first-order chi connectivity index (χ1) is 11.6. The fourth-order valence-electron chi connectivity index (χ4n) is 2.65. The molecule has 122 valence electrons. The van der Waals surface area contributed by atoms with E-state index in [9.17, 15) is 4.79 Å². The molecule has 0 bridgehead atoms. The summed E-state index contributed by atoms with van der Waals surface area (Å²) in [6.07, 6.45) is 3.85. The summed E-state index contributed by atoms with van der Waals surface area (Å²) in [5, 5.41) is 7.63. The Bertz CT molecular complexity index is 896. The van der Waals surface area contributed by atoms with Crippen LogP contribution in [0.5, 0.6) is 0 Å². The van der Waals surface area contributed by atoms with Crippen LogP contribution in [0.4, 0.5) is 0 Å². The molecule has 1 aliphatic carbocycles. The predicted molar refractivity (Wildman–Crippen MR) is 90.8 cm³/mol. The largest absolute Gasteiger partial charge is 0.348 e. The highest BCUT2D eigenvalue weighted by atomic mass is 16.2. The molecule has 3 heterocycles. The van der Waals surface area contributed by atoms with Gasteiger partial charge in [-0.2, -0.15) is 5.10 Å². The lowest BCUT2D eigenvalue weighted by Gasteiger charge is -2.10. The van der Waals surface area contributed by atoms with Gasteiger partial charge in [-0.3, -0.25) is 9.78 Å². The Kier molecular flexibility index (Phi) is 3.52. The van der Waals surface area contributed by atoms with Crippen molar-refractivity contribution in [2.75, 3.05) is 0 Å². The van der Waals surface area contributed by atoms with Crippen molar-refractivity contribution < 1.29 is 4.79 Å². The van der Waals surface area contributed by atoms with Crippen LogP contribution in [0.15, 0.2) is 36.5 Å². The lowest BCUT2D eigenvalue weighted by Crippen LogP contribution is -2.27. The number of pyridine rings is 1. The summed E-state index contributed by atoms with van der Waals surface area (Å²) in [7, 11) is 0. The molecule has 1 fully saturated rings. The van der Waals surface area contributed by atoms with Gasteiger partial charge in [-0.25, -0.2) is 9.50 Å². The molecule has 1 aliphatic rings. The number of amides is 1. The van der Waals surface area contributed by atoms with Crippen LogP contribution in [0.1, 0.15) is 48.8 Å². The molecular formula is C18H19N5O. The molecule has 0 aliphatic heterocycles. The second kappa shape index (κ2) is 5.70. The number of fused-ring (bicyclic) bond motifs is 1. The molecular weight excluding hydrogens is 302 g/mol. The minimum absolute atomic E-state index is 0.109. The molecule has 0 spiro atoms. The average Bonchev–Trinajstić information content (AvgIpc) is 3.29. The number of carbonyl (C=O) groups is 1. The van der Waals surface area contributed by atoms with Crippen LogP contribution in [-0.2, 0) is 0 Å². The Labute approximate surface area is 139 Å². The molecule has 24 heavy (non-hydrogen) atoms. The van der Waals surface area contributed by atoms with Crippen LogP contribution in [0, 0.1) is 0 Å². The van der Waals surface area contributed by atoms with Crippen molar-refractivity contribution in [1.29, 1.82) is 0 Å². The zero-order chi connectivity index (χ0) is 16.7. The van der Waals surface area contributed by atoms with Crippen molar-refractivity contribution in [2.45, 2.75) is 38.6 Å². The normalized spacial score (nSPS) is 14.3. The van der Waals surface area contributed by atoms with Crippen LogP contribution in [0.25, 0.3) is 17.0 Å². The first kappa shape index (κ1) is 14.8. The van der Waals surface area contributed by atoms with E-state index in [1.54, 1.807) is 6.20 Å². The van der Waals surface area contributed by atoms with Crippen molar-refractivity contribution in [3.8, 4) is 11.4 Å². The SMILES string of the molecule is CC(C)c1cc(C(=O)NC2CC2)nc2cc(-c3ccccn3)nn12. The molecule has 0 unspecified atom stereocenters. The zero-order valence-corrected chi connectivity index (χ0v) is 13.7. The molecule has 3 aromatic rings. The number of nitrogens with one attached hydrogen (secondary N) is 1. The summed E-state index contributed by atoms with van der Waals surface area (Å²) in [6.45, 7) is 4.17. The van der Waals surface area contributed by atoms with Gasteiger partial charge in [0.15, 0.2) is 5.65 Å². The topological polar surface area (TPSA) is 72.2 Å². The second-order valence-corrected chi connectivity index (χ2v) is 6.48. The summed E-state index contributed by atoms with van der Waals surface area (Å²) in [6, 6.07) is 9.74. The van der Waals surface area contributed by atoms with E-state index in [-0.39, 0.29) is 11.8 Å². The van der Waals surface area contributed by atoms with E-state index in [4.69, 9.17) is 0 Å².